The van der Waals surface area contributed by atoms with Crippen LogP contribution in [-0.2, 0) is 6.54 Å². The quantitative estimate of drug-likeness (QED) is 0.937. The summed E-state index contributed by atoms with van der Waals surface area (Å²) >= 11 is 1.25. The molecular formula is C14H15FN2OS. The van der Waals surface area contributed by atoms with Crippen LogP contribution in [-0.4, -0.2) is 23.0 Å². The van der Waals surface area contributed by atoms with E-state index in [-0.39, 0.29) is 10.7 Å². The molecule has 1 aliphatic rings. The van der Waals surface area contributed by atoms with E-state index in [1.54, 1.807) is 12.1 Å². The number of rotatable bonds is 3. The van der Waals surface area contributed by atoms with Crippen molar-refractivity contribution in [3.8, 4) is 11.3 Å². The molecule has 3 nitrogen and oxygen atoms in total. The van der Waals surface area contributed by atoms with Crippen LogP contribution in [0.1, 0.15) is 17.7 Å². The van der Waals surface area contributed by atoms with Crippen molar-refractivity contribution in [3.05, 3.63) is 44.6 Å². The maximum atomic E-state index is 13.0. The number of hydrogen-bond acceptors (Lipinski definition) is 3. The maximum Gasteiger partial charge on any atom is 0.305 e. The van der Waals surface area contributed by atoms with Gasteiger partial charge < -0.3 is 4.98 Å². The average molecular weight is 278 g/mol. The standard InChI is InChI=1S/C14H15FN2OS/c15-11-5-3-10(4-6-11)13-12(19-14(18)16-13)9-17-7-1-2-8-17/h3-6H,1-2,7-9H2,(H,16,18). The van der Waals surface area contributed by atoms with Gasteiger partial charge in [-0.1, -0.05) is 11.3 Å². The minimum absolute atomic E-state index is 0.0477. The predicted octanol–water partition coefficient (Wildman–Crippen LogP) is 2.84. The zero-order valence-electron chi connectivity index (χ0n) is 10.5. The van der Waals surface area contributed by atoms with Crippen molar-refractivity contribution in [2.24, 2.45) is 0 Å². The molecule has 2 heterocycles. The summed E-state index contributed by atoms with van der Waals surface area (Å²) in [5.74, 6) is -0.262. The SMILES string of the molecule is O=c1[nH]c(-c2ccc(F)cc2)c(CN2CCCC2)s1. The molecule has 1 aliphatic heterocycles. The Morgan fingerprint density at radius 1 is 1.21 bits per heavy atom. The Morgan fingerprint density at radius 3 is 2.58 bits per heavy atom. The van der Waals surface area contributed by atoms with E-state index in [1.807, 2.05) is 0 Å². The van der Waals surface area contributed by atoms with Gasteiger partial charge in [0.1, 0.15) is 5.82 Å². The lowest BCUT2D eigenvalue weighted by molar-refractivity contribution is 0.334. The van der Waals surface area contributed by atoms with E-state index in [1.165, 1.54) is 36.3 Å². The van der Waals surface area contributed by atoms with E-state index in [4.69, 9.17) is 0 Å². The molecule has 0 unspecified atom stereocenters. The van der Waals surface area contributed by atoms with Crippen LogP contribution in [0.5, 0.6) is 0 Å². The Balaban J connectivity index is 1.92. The number of hydrogen-bond donors (Lipinski definition) is 1. The monoisotopic (exact) mass is 278 g/mol. The number of nitrogens with one attached hydrogen (secondary N) is 1. The van der Waals surface area contributed by atoms with Crippen LogP contribution in [0.2, 0.25) is 0 Å². The number of thiazole rings is 1. The van der Waals surface area contributed by atoms with Crippen LogP contribution in [0.4, 0.5) is 4.39 Å². The van der Waals surface area contributed by atoms with Gasteiger partial charge in [0, 0.05) is 11.4 Å². The Bertz CT molecular complexity index is 611. The second-order valence-corrected chi connectivity index (χ2v) is 5.87. The van der Waals surface area contributed by atoms with E-state index < -0.39 is 0 Å². The molecule has 0 radical (unpaired) electrons. The topological polar surface area (TPSA) is 36.1 Å². The van der Waals surface area contributed by atoms with Crippen molar-refractivity contribution < 1.29 is 4.39 Å². The van der Waals surface area contributed by atoms with Crippen LogP contribution in [0.3, 0.4) is 0 Å². The first kappa shape index (κ1) is 12.6. The minimum atomic E-state index is -0.262. The number of H-pyrrole nitrogens is 1. The van der Waals surface area contributed by atoms with Gasteiger partial charge in [0.15, 0.2) is 0 Å². The molecule has 0 saturated carbocycles. The molecule has 0 amide bonds. The number of likely N-dealkylation sites (tertiary alicyclic amines) is 1. The van der Waals surface area contributed by atoms with E-state index in [9.17, 15) is 9.18 Å². The van der Waals surface area contributed by atoms with Crippen LogP contribution >= 0.6 is 11.3 Å². The van der Waals surface area contributed by atoms with Crippen LogP contribution < -0.4 is 4.87 Å². The lowest BCUT2D eigenvalue weighted by Crippen LogP contribution is -2.18. The highest BCUT2D eigenvalue weighted by atomic mass is 32.1. The minimum Gasteiger partial charge on any atom is -0.312 e. The highest BCUT2D eigenvalue weighted by Gasteiger charge is 2.17. The summed E-state index contributed by atoms with van der Waals surface area (Å²) in [6.45, 7) is 2.99. The number of halogens is 1. The third kappa shape index (κ3) is 2.77. The van der Waals surface area contributed by atoms with Gasteiger partial charge >= 0.3 is 4.87 Å². The lowest BCUT2D eigenvalue weighted by atomic mass is 10.1. The van der Waals surface area contributed by atoms with Gasteiger partial charge in [0.25, 0.3) is 0 Å². The molecule has 0 bridgehead atoms. The molecule has 0 atom stereocenters. The van der Waals surface area contributed by atoms with Crippen molar-refractivity contribution in [1.29, 1.82) is 0 Å². The molecule has 100 valence electrons. The summed E-state index contributed by atoms with van der Waals surface area (Å²) in [4.78, 5) is 17.8. The van der Waals surface area contributed by atoms with E-state index in [2.05, 4.69) is 9.88 Å². The second kappa shape index (κ2) is 5.27. The fourth-order valence-corrected chi connectivity index (χ4v) is 3.36. The summed E-state index contributed by atoms with van der Waals surface area (Å²) in [5, 5.41) is 0. The summed E-state index contributed by atoms with van der Waals surface area (Å²) < 4.78 is 13.0. The molecule has 1 N–H and O–H groups in total. The summed E-state index contributed by atoms with van der Waals surface area (Å²) in [5.41, 5.74) is 1.70. The van der Waals surface area contributed by atoms with Crippen LogP contribution in [0.15, 0.2) is 29.1 Å². The fraction of sp³-hybridized carbons (Fsp3) is 0.357. The van der Waals surface area contributed by atoms with Crippen LogP contribution in [0.25, 0.3) is 11.3 Å². The molecule has 3 rings (SSSR count). The van der Waals surface area contributed by atoms with Crippen molar-refractivity contribution >= 4 is 11.3 Å². The Kier molecular flexibility index (Phi) is 3.48. The average Bonchev–Trinajstić information content (AvgIpc) is 3.01. The molecule has 5 heteroatoms. The van der Waals surface area contributed by atoms with E-state index in [0.717, 1.165) is 35.8 Å². The molecule has 1 aromatic carbocycles. The first-order valence-electron chi connectivity index (χ1n) is 6.42. The summed E-state index contributed by atoms with van der Waals surface area (Å²) in [7, 11) is 0. The predicted molar refractivity (Wildman–Crippen MR) is 74.8 cm³/mol. The lowest BCUT2D eigenvalue weighted by Gasteiger charge is -2.14. The highest BCUT2D eigenvalue weighted by molar-refractivity contribution is 7.09. The number of nitrogens with zero attached hydrogens (tertiary/aromatic N) is 1. The van der Waals surface area contributed by atoms with Crippen molar-refractivity contribution in [2.75, 3.05) is 13.1 Å². The Morgan fingerprint density at radius 2 is 1.89 bits per heavy atom. The van der Waals surface area contributed by atoms with Gasteiger partial charge in [-0.25, -0.2) is 4.39 Å². The molecule has 0 aliphatic carbocycles. The van der Waals surface area contributed by atoms with Gasteiger partial charge in [-0.15, -0.1) is 0 Å². The van der Waals surface area contributed by atoms with Crippen LogP contribution in [0, 0.1) is 5.82 Å². The van der Waals surface area contributed by atoms with Crippen molar-refractivity contribution in [3.63, 3.8) is 0 Å². The Labute approximate surface area is 114 Å². The van der Waals surface area contributed by atoms with Crippen molar-refractivity contribution in [1.82, 2.24) is 9.88 Å². The molecule has 0 spiro atoms. The normalized spacial score (nSPS) is 16.1. The molecular weight excluding hydrogens is 263 g/mol. The molecule has 1 aromatic heterocycles. The van der Waals surface area contributed by atoms with Gasteiger partial charge in [0.2, 0.25) is 0 Å². The fourth-order valence-electron chi connectivity index (χ4n) is 2.47. The smallest absolute Gasteiger partial charge is 0.305 e. The van der Waals surface area contributed by atoms with Gasteiger partial charge in [-0.05, 0) is 55.8 Å². The van der Waals surface area contributed by atoms with Gasteiger partial charge in [-0.2, -0.15) is 0 Å². The molecule has 1 saturated heterocycles. The van der Waals surface area contributed by atoms with E-state index in [0.29, 0.717) is 0 Å². The number of benzene rings is 1. The third-order valence-corrected chi connectivity index (χ3v) is 4.29. The first-order valence-corrected chi connectivity index (χ1v) is 7.24. The van der Waals surface area contributed by atoms with Gasteiger partial charge in [-0.3, -0.25) is 9.69 Å². The van der Waals surface area contributed by atoms with E-state index >= 15 is 0 Å². The molecule has 1 fully saturated rings. The molecule has 19 heavy (non-hydrogen) atoms. The zero-order valence-corrected chi connectivity index (χ0v) is 11.3. The Hall–Kier alpha value is -1.46. The van der Waals surface area contributed by atoms with Gasteiger partial charge in [0.05, 0.1) is 5.69 Å². The number of aromatic amines is 1. The highest BCUT2D eigenvalue weighted by Crippen LogP contribution is 2.25. The summed E-state index contributed by atoms with van der Waals surface area (Å²) in [6.07, 6.45) is 2.45. The number of aromatic nitrogens is 1. The zero-order chi connectivity index (χ0) is 13.2. The third-order valence-electron chi connectivity index (χ3n) is 3.42. The largest absolute Gasteiger partial charge is 0.312 e. The first-order chi connectivity index (χ1) is 9.22. The maximum absolute atomic E-state index is 13.0. The second-order valence-electron chi connectivity index (χ2n) is 4.80. The van der Waals surface area contributed by atoms with Crippen molar-refractivity contribution in [2.45, 2.75) is 19.4 Å². The molecule has 2 aromatic rings. The summed E-state index contributed by atoms with van der Waals surface area (Å²) in [6, 6.07) is 6.26.